The molecule has 8 nitrogen and oxygen atoms in total. The summed E-state index contributed by atoms with van der Waals surface area (Å²) in [5.41, 5.74) is 1.10. The zero-order chi connectivity index (χ0) is 24.1. The molecule has 1 aliphatic rings. The highest BCUT2D eigenvalue weighted by Gasteiger charge is 2.44. The van der Waals surface area contributed by atoms with Gasteiger partial charge in [0.15, 0.2) is 0 Å². The van der Waals surface area contributed by atoms with E-state index >= 15 is 0 Å². The molecule has 0 amide bonds. The summed E-state index contributed by atoms with van der Waals surface area (Å²) in [6.07, 6.45) is 3.68. The van der Waals surface area contributed by atoms with E-state index in [-0.39, 0.29) is 30.9 Å². The molecule has 0 bridgehead atoms. The number of allylic oxidation sites excluding steroid dienone is 3. The third-order valence-electron chi connectivity index (χ3n) is 5.44. The summed E-state index contributed by atoms with van der Waals surface area (Å²) in [5.74, 6) is -7.58. The predicted molar refractivity (Wildman–Crippen MR) is 111 cm³/mol. The van der Waals surface area contributed by atoms with Crippen molar-refractivity contribution in [3.05, 3.63) is 57.2 Å². The highest BCUT2D eigenvalue weighted by molar-refractivity contribution is 5.80. The number of phenols is 2. The van der Waals surface area contributed by atoms with Crippen LogP contribution < -0.4 is 0 Å². The van der Waals surface area contributed by atoms with Gasteiger partial charge in [-0.15, -0.1) is 10.1 Å². The van der Waals surface area contributed by atoms with Crippen LogP contribution in [-0.4, -0.2) is 34.5 Å². The number of hydrogen-bond donors (Lipinski definition) is 2. The zero-order valence-corrected chi connectivity index (χ0v) is 18.0. The summed E-state index contributed by atoms with van der Waals surface area (Å²) >= 11 is 0. The molecule has 2 rings (SSSR count). The lowest BCUT2D eigenvalue weighted by atomic mass is 9.73. The summed E-state index contributed by atoms with van der Waals surface area (Å²) < 4.78 is 33.7. The van der Waals surface area contributed by atoms with Gasteiger partial charge in [-0.05, 0) is 57.6 Å². The molecule has 10 heteroatoms. The van der Waals surface area contributed by atoms with Gasteiger partial charge in [0.2, 0.25) is 0 Å². The van der Waals surface area contributed by atoms with Gasteiger partial charge < -0.3 is 19.8 Å². The maximum absolute atomic E-state index is 14.6. The van der Waals surface area contributed by atoms with Gasteiger partial charge in [-0.3, -0.25) is 0 Å². The number of carbonyl (C=O) groups is 1. The zero-order valence-electron chi connectivity index (χ0n) is 18.0. The van der Waals surface area contributed by atoms with E-state index < -0.39 is 46.6 Å². The Kier molecular flexibility index (Phi) is 8.18. The molecule has 0 spiro atoms. The Morgan fingerprint density at radius 2 is 1.88 bits per heavy atom. The Balaban J connectivity index is 2.17. The minimum atomic E-state index is -4.11. The first-order valence-electron chi connectivity index (χ1n) is 10.2. The van der Waals surface area contributed by atoms with Gasteiger partial charge >= 0.3 is 11.9 Å². The van der Waals surface area contributed by atoms with E-state index in [1.807, 2.05) is 19.9 Å². The third kappa shape index (κ3) is 5.95. The number of nitrogens with zero attached hydrogens (tertiary/aromatic N) is 1. The van der Waals surface area contributed by atoms with E-state index in [0.717, 1.165) is 36.1 Å². The second-order valence-electron chi connectivity index (χ2n) is 7.93. The first kappa shape index (κ1) is 25.1. The van der Waals surface area contributed by atoms with E-state index in [1.54, 1.807) is 0 Å². The number of benzene rings is 1. The van der Waals surface area contributed by atoms with Crippen molar-refractivity contribution in [2.24, 2.45) is 5.92 Å². The van der Waals surface area contributed by atoms with Crippen LogP contribution in [0.5, 0.6) is 11.5 Å². The van der Waals surface area contributed by atoms with Crippen LogP contribution in [0.15, 0.2) is 35.9 Å². The fourth-order valence-corrected chi connectivity index (χ4v) is 3.77. The molecular weight excluding hydrogens is 428 g/mol. The smallest absolute Gasteiger partial charge is 0.381 e. The SMILES string of the molecule is C=C(C)[C@@H]1CCC(C)=C[C@H]1c1c(O)cc(C(F)(F)C(=O)OCCCCO[N+](=O)[O-])cc1O. The van der Waals surface area contributed by atoms with Crippen molar-refractivity contribution in [2.75, 3.05) is 13.2 Å². The number of alkyl halides is 2. The van der Waals surface area contributed by atoms with Crippen LogP contribution >= 0.6 is 0 Å². The van der Waals surface area contributed by atoms with Crippen LogP contribution in [-0.2, 0) is 20.3 Å². The molecule has 0 aliphatic heterocycles. The Bertz CT molecular complexity index is 891. The fraction of sp³-hybridized carbons (Fsp3) is 0.500. The first-order chi connectivity index (χ1) is 14.9. The Morgan fingerprint density at radius 1 is 1.28 bits per heavy atom. The quantitative estimate of drug-likeness (QED) is 0.172. The van der Waals surface area contributed by atoms with E-state index in [0.29, 0.717) is 0 Å². The monoisotopic (exact) mass is 455 g/mol. The fourth-order valence-electron chi connectivity index (χ4n) is 3.77. The number of hydrogen-bond acceptors (Lipinski definition) is 7. The second-order valence-corrected chi connectivity index (χ2v) is 7.93. The summed E-state index contributed by atoms with van der Waals surface area (Å²) in [5, 5.41) is 30.0. The summed E-state index contributed by atoms with van der Waals surface area (Å²) in [4.78, 5) is 26.0. The van der Waals surface area contributed by atoms with Crippen LogP contribution in [0, 0.1) is 16.0 Å². The second kappa shape index (κ2) is 10.4. The van der Waals surface area contributed by atoms with Crippen molar-refractivity contribution in [2.45, 2.75) is 51.4 Å². The van der Waals surface area contributed by atoms with Crippen LogP contribution in [0.4, 0.5) is 8.78 Å². The van der Waals surface area contributed by atoms with E-state index in [4.69, 9.17) is 0 Å². The molecule has 1 aliphatic carbocycles. The molecule has 2 N–H and O–H groups in total. The van der Waals surface area contributed by atoms with E-state index in [2.05, 4.69) is 16.2 Å². The highest BCUT2D eigenvalue weighted by atomic mass is 19.3. The average Bonchev–Trinajstić information content (AvgIpc) is 2.69. The molecule has 0 aromatic heterocycles. The third-order valence-corrected chi connectivity index (χ3v) is 5.44. The topological polar surface area (TPSA) is 119 Å². The molecular formula is C22H27F2NO7. The van der Waals surface area contributed by atoms with Gasteiger partial charge in [-0.25, -0.2) is 4.79 Å². The van der Waals surface area contributed by atoms with Crippen LogP contribution in [0.25, 0.3) is 0 Å². The summed E-state index contributed by atoms with van der Waals surface area (Å²) in [7, 11) is 0. The molecule has 0 unspecified atom stereocenters. The lowest BCUT2D eigenvalue weighted by Crippen LogP contribution is -2.29. The molecule has 0 radical (unpaired) electrons. The molecule has 0 saturated carbocycles. The van der Waals surface area contributed by atoms with Crippen molar-refractivity contribution in [1.29, 1.82) is 0 Å². The molecule has 0 saturated heterocycles. The molecule has 32 heavy (non-hydrogen) atoms. The lowest BCUT2D eigenvalue weighted by molar-refractivity contribution is -0.757. The molecule has 0 fully saturated rings. The van der Waals surface area contributed by atoms with E-state index in [9.17, 15) is 33.9 Å². The minimum absolute atomic E-state index is 0.0777. The van der Waals surface area contributed by atoms with Crippen LogP contribution in [0.2, 0.25) is 0 Å². The van der Waals surface area contributed by atoms with Crippen LogP contribution in [0.3, 0.4) is 0 Å². The summed E-state index contributed by atoms with van der Waals surface area (Å²) in [6, 6.07) is 1.52. The van der Waals surface area contributed by atoms with Gasteiger partial charge in [-0.1, -0.05) is 23.8 Å². The number of halogens is 2. The van der Waals surface area contributed by atoms with Crippen molar-refractivity contribution < 1.29 is 38.4 Å². The normalized spacial score (nSPS) is 18.6. The van der Waals surface area contributed by atoms with Gasteiger partial charge in [-0.2, -0.15) is 8.78 Å². The predicted octanol–water partition coefficient (Wildman–Crippen LogP) is 4.74. The van der Waals surface area contributed by atoms with Gasteiger partial charge in [0.25, 0.3) is 5.09 Å². The van der Waals surface area contributed by atoms with Crippen molar-refractivity contribution in [1.82, 2.24) is 0 Å². The molecule has 1 aromatic rings. The Hall–Kier alpha value is -3.17. The Morgan fingerprint density at radius 3 is 2.44 bits per heavy atom. The molecule has 176 valence electrons. The van der Waals surface area contributed by atoms with Crippen LogP contribution in [0.1, 0.15) is 56.6 Å². The molecule has 1 aromatic carbocycles. The standard InChI is InChI=1S/C22H27F2NO7/c1-13(2)16-7-6-14(3)10-17(16)20-18(26)11-15(12-19(20)27)22(23,24)21(28)31-8-4-5-9-32-25(29)30/h10-12,16-17,26-27H,1,4-9H2,2-3H3/t16-,17+/m0/s1. The van der Waals surface area contributed by atoms with Crippen molar-refractivity contribution >= 4 is 5.97 Å². The number of phenolic OH excluding ortho intramolecular Hbond substituents is 2. The minimum Gasteiger partial charge on any atom is -0.507 e. The van der Waals surface area contributed by atoms with Gasteiger partial charge in [0.05, 0.1) is 13.2 Å². The Labute approximate surface area is 184 Å². The number of carbonyl (C=O) groups excluding carboxylic acids is 1. The van der Waals surface area contributed by atoms with E-state index in [1.165, 1.54) is 0 Å². The van der Waals surface area contributed by atoms with Crippen molar-refractivity contribution in [3.63, 3.8) is 0 Å². The number of unbranched alkanes of at least 4 members (excludes halogenated alkanes) is 1. The van der Waals surface area contributed by atoms with Gasteiger partial charge in [0, 0.05) is 17.0 Å². The largest absolute Gasteiger partial charge is 0.507 e. The number of rotatable bonds is 10. The molecule has 2 atom stereocenters. The number of aromatic hydroxyl groups is 2. The lowest BCUT2D eigenvalue weighted by Gasteiger charge is -2.31. The number of esters is 1. The maximum Gasteiger partial charge on any atom is 0.381 e. The van der Waals surface area contributed by atoms with Gasteiger partial charge in [0.1, 0.15) is 11.5 Å². The molecule has 0 heterocycles. The number of ether oxygens (including phenoxy) is 1. The summed E-state index contributed by atoms with van der Waals surface area (Å²) in [6.45, 7) is 7.07. The first-order valence-corrected chi connectivity index (χ1v) is 10.2. The average molecular weight is 455 g/mol. The highest BCUT2D eigenvalue weighted by Crippen LogP contribution is 2.47. The maximum atomic E-state index is 14.6. The van der Waals surface area contributed by atoms with Crippen molar-refractivity contribution in [3.8, 4) is 11.5 Å².